The van der Waals surface area contributed by atoms with Crippen LogP contribution in [0.5, 0.6) is 5.75 Å². The predicted octanol–water partition coefficient (Wildman–Crippen LogP) is 5.69. The lowest BCUT2D eigenvalue weighted by Gasteiger charge is -2.27. The fourth-order valence-electron chi connectivity index (χ4n) is 3.26. The van der Waals surface area contributed by atoms with E-state index in [1.807, 2.05) is 30.0 Å². The molecule has 0 fully saturated rings. The number of phenolic OH excluding ortho intramolecular Hbond substituents is 1. The predicted molar refractivity (Wildman–Crippen MR) is 121 cm³/mol. The molecule has 2 N–H and O–H groups in total. The van der Waals surface area contributed by atoms with E-state index in [9.17, 15) is 4.79 Å². The lowest BCUT2D eigenvalue weighted by molar-refractivity contribution is -0.133. The molecule has 0 saturated heterocycles. The molecule has 4 nitrogen and oxygen atoms in total. The minimum atomic E-state index is 0.251. The second-order valence-corrected chi connectivity index (χ2v) is 8.22. The topological polar surface area (TPSA) is 56.3 Å². The van der Waals surface area contributed by atoms with Gasteiger partial charge in [-0.15, -0.1) is 0 Å². The summed E-state index contributed by atoms with van der Waals surface area (Å²) in [6.45, 7) is 11.1. The van der Waals surface area contributed by atoms with E-state index >= 15 is 0 Å². The van der Waals surface area contributed by atoms with Crippen LogP contribution in [0.2, 0.25) is 0 Å². The Bertz CT molecular complexity index is 874. The third-order valence-electron chi connectivity index (χ3n) is 4.86. The van der Waals surface area contributed by atoms with Crippen LogP contribution in [-0.4, -0.2) is 33.5 Å². The maximum atomic E-state index is 12.3. The van der Waals surface area contributed by atoms with Gasteiger partial charge in [0.05, 0.1) is 0 Å². The Morgan fingerprint density at radius 3 is 2.28 bits per heavy atom. The quantitative estimate of drug-likeness (QED) is 0.564. The number of benzene rings is 2. The number of amides is 1. The van der Waals surface area contributed by atoms with Gasteiger partial charge in [0.2, 0.25) is 5.91 Å². The summed E-state index contributed by atoms with van der Waals surface area (Å²) < 4.78 is 0. The number of hydrogen-bond acceptors (Lipinski definition) is 2. The highest BCUT2D eigenvalue weighted by Crippen LogP contribution is 2.19. The molecule has 0 saturated carbocycles. The van der Waals surface area contributed by atoms with Gasteiger partial charge in [-0.3, -0.25) is 4.79 Å². The van der Waals surface area contributed by atoms with Crippen LogP contribution in [0, 0.1) is 12.8 Å². The summed E-state index contributed by atoms with van der Waals surface area (Å²) in [6.07, 6.45) is 3.59. The average Bonchev–Trinajstić information content (AvgIpc) is 3.07. The molecule has 0 atom stereocenters. The van der Waals surface area contributed by atoms with E-state index < -0.39 is 0 Å². The van der Waals surface area contributed by atoms with E-state index in [0.717, 1.165) is 18.5 Å². The minimum absolute atomic E-state index is 0.251. The van der Waals surface area contributed by atoms with Crippen LogP contribution >= 0.6 is 0 Å². The van der Waals surface area contributed by atoms with Crippen LogP contribution in [0.25, 0.3) is 10.9 Å². The van der Waals surface area contributed by atoms with Crippen LogP contribution in [-0.2, 0) is 11.2 Å². The van der Waals surface area contributed by atoms with E-state index in [1.54, 1.807) is 12.1 Å². The normalized spacial score (nSPS) is 10.9. The van der Waals surface area contributed by atoms with Crippen LogP contribution in [0.4, 0.5) is 0 Å². The molecule has 0 unspecified atom stereocenters. The summed E-state index contributed by atoms with van der Waals surface area (Å²) in [5.41, 5.74) is 3.62. The zero-order chi connectivity index (χ0) is 21.4. The van der Waals surface area contributed by atoms with Gasteiger partial charge in [-0.2, -0.15) is 0 Å². The lowest BCUT2D eigenvalue weighted by Crippen LogP contribution is -2.39. The van der Waals surface area contributed by atoms with Crippen molar-refractivity contribution >= 4 is 16.8 Å². The molecule has 2 aromatic carbocycles. The molecule has 0 radical (unpaired) electrons. The van der Waals surface area contributed by atoms with Gasteiger partial charge < -0.3 is 15.0 Å². The van der Waals surface area contributed by atoms with Crippen molar-refractivity contribution in [2.45, 2.75) is 53.5 Å². The van der Waals surface area contributed by atoms with Crippen molar-refractivity contribution < 1.29 is 9.90 Å². The molecule has 29 heavy (non-hydrogen) atoms. The Morgan fingerprint density at radius 2 is 1.69 bits per heavy atom. The highest BCUT2D eigenvalue weighted by Gasteiger charge is 2.18. The number of nitrogens with zero attached hydrogens (tertiary/aromatic N) is 1. The third kappa shape index (κ3) is 6.97. The maximum Gasteiger partial charge on any atom is 0.223 e. The number of carbonyl (C=O) groups is 1. The summed E-state index contributed by atoms with van der Waals surface area (Å²) >= 11 is 0. The second-order valence-electron chi connectivity index (χ2n) is 8.22. The Kier molecular flexibility index (Phi) is 8.32. The number of aryl methyl sites for hydroxylation is 1. The van der Waals surface area contributed by atoms with Crippen molar-refractivity contribution in [2.24, 2.45) is 5.92 Å². The molecule has 0 aliphatic carbocycles. The number of aromatic amines is 1. The number of H-pyrrole nitrogens is 1. The molecule has 156 valence electrons. The Morgan fingerprint density at radius 1 is 1.03 bits per heavy atom. The first-order valence-electron chi connectivity index (χ1n) is 10.4. The Labute approximate surface area is 174 Å². The molecule has 0 aliphatic rings. The number of aromatic nitrogens is 1. The van der Waals surface area contributed by atoms with Crippen molar-refractivity contribution in [3.63, 3.8) is 0 Å². The van der Waals surface area contributed by atoms with Crippen molar-refractivity contribution in [2.75, 3.05) is 6.54 Å². The zero-order valence-corrected chi connectivity index (χ0v) is 18.3. The number of hydrogen-bond donors (Lipinski definition) is 2. The van der Waals surface area contributed by atoms with Gasteiger partial charge in [-0.05, 0) is 56.9 Å². The maximum absolute atomic E-state index is 12.3. The first-order chi connectivity index (χ1) is 13.8. The van der Waals surface area contributed by atoms with Crippen LogP contribution in [0.3, 0.4) is 0 Å². The van der Waals surface area contributed by atoms with E-state index in [0.29, 0.717) is 18.1 Å². The summed E-state index contributed by atoms with van der Waals surface area (Å²) in [6, 6.07) is 15.7. The van der Waals surface area contributed by atoms with Gasteiger partial charge in [0.25, 0.3) is 0 Å². The lowest BCUT2D eigenvalue weighted by atomic mass is 10.1. The fraction of sp³-hybridized carbons (Fsp3) is 0.400. The number of phenols is 1. The first kappa shape index (κ1) is 22.5. The molecular formula is C25H34N2O2. The van der Waals surface area contributed by atoms with Gasteiger partial charge in [0, 0.05) is 36.1 Å². The number of para-hydroxylation sites is 1. The number of aromatic hydroxyl groups is 1. The van der Waals surface area contributed by atoms with E-state index in [2.05, 4.69) is 57.1 Å². The van der Waals surface area contributed by atoms with Crippen molar-refractivity contribution in [1.29, 1.82) is 0 Å². The molecule has 3 aromatic rings. The molecule has 0 aliphatic heterocycles. The summed E-state index contributed by atoms with van der Waals surface area (Å²) in [5, 5.41) is 10.0. The van der Waals surface area contributed by atoms with E-state index in [-0.39, 0.29) is 11.9 Å². The molecule has 4 heteroatoms. The monoisotopic (exact) mass is 394 g/mol. The molecule has 0 spiro atoms. The molecule has 3 rings (SSSR count). The van der Waals surface area contributed by atoms with Gasteiger partial charge in [-0.25, -0.2) is 0 Å². The van der Waals surface area contributed by atoms with Crippen molar-refractivity contribution in [1.82, 2.24) is 9.88 Å². The zero-order valence-electron chi connectivity index (χ0n) is 18.3. The first-order valence-corrected chi connectivity index (χ1v) is 10.4. The summed E-state index contributed by atoms with van der Waals surface area (Å²) in [4.78, 5) is 17.6. The van der Waals surface area contributed by atoms with E-state index in [1.165, 1.54) is 16.5 Å². The van der Waals surface area contributed by atoms with Crippen molar-refractivity contribution in [3.05, 3.63) is 65.9 Å². The number of rotatable bonds is 6. The highest BCUT2D eigenvalue weighted by atomic mass is 16.3. The molecule has 1 heterocycles. The molecule has 0 bridgehead atoms. The summed E-state index contributed by atoms with van der Waals surface area (Å²) in [5.74, 6) is 1.00. The Balaban J connectivity index is 0.000000313. The number of fused-ring (bicyclic) bond motifs is 1. The van der Waals surface area contributed by atoms with Gasteiger partial charge in [0.15, 0.2) is 0 Å². The SMILES string of the molecule is CC(C)CC(=O)N(CCc1c[nH]c2ccccc12)C(C)C.Cc1ccc(O)cc1. The van der Waals surface area contributed by atoms with Gasteiger partial charge in [0.1, 0.15) is 5.75 Å². The van der Waals surface area contributed by atoms with E-state index in [4.69, 9.17) is 5.11 Å². The largest absolute Gasteiger partial charge is 0.508 e. The molecular weight excluding hydrogens is 360 g/mol. The smallest absolute Gasteiger partial charge is 0.223 e. The van der Waals surface area contributed by atoms with Crippen LogP contribution < -0.4 is 0 Å². The third-order valence-corrected chi connectivity index (χ3v) is 4.86. The molecule has 1 amide bonds. The summed E-state index contributed by atoms with van der Waals surface area (Å²) in [7, 11) is 0. The van der Waals surface area contributed by atoms with Crippen LogP contribution in [0.15, 0.2) is 54.7 Å². The molecule has 1 aromatic heterocycles. The number of carbonyl (C=O) groups excluding carboxylic acids is 1. The average molecular weight is 395 g/mol. The number of nitrogens with one attached hydrogen (secondary N) is 1. The fourth-order valence-corrected chi connectivity index (χ4v) is 3.26. The van der Waals surface area contributed by atoms with Crippen molar-refractivity contribution in [3.8, 4) is 5.75 Å². The second kappa shape index (κ2) is 10.7. The Hall–Kier alpha value is -2.75. The highest BCUT2D eigenvalue weighted by molar-refractivity contribution is 5.83. The van der Waals surface area contributed by atoms with Crippen LogP contribution in [0.1, 0.15) is 45.2 Å². The van der Waals surface area contributed by atoms with Gasteiger partial charge >= 0.3 is 0 Å². The van der Waals surface area contributed by atoms with Gasteiger partial charge in [-0.1, -0.05) is 49.7 Å². The standard InChI is InChI=1S/C18H26N2O.C7H8O/c1-13(2)11-18(21)20(14(3)4)10-9-15-12-19-17-8-6-5-7-16(15)17;1-6-2-4-7(8)5-3-6/h5-8,12-14,19H,9-11H2,1-4H3;2-5,8H,1H3. The minimum Gasteiger partial charge on any atom is -0.508 e.